The van der Waals surface area contributed by atoms with E-state index in [9.17, 15) is 22.4 Å². The van der Waals surface area contributed by atoms with Crippen LogP contribution in [0.3, 0.4) is 0 Å². The summed E-state index contributed by atoms with van der Waals surface area (Å²) in [4.78, 5) is 21.6. The number of aromatic nitrogens is 4. The Hall–Kier alpha value is -3.81. The van der Waals surface area contributed by atoms with Crippen LogP contribution >= 0.6 is 11.6 Å². The minimum atomic E-state index is -4.78. The number of nitrogens with one attached hydrogen (secondary N) is 3. The van der Waals surface area contributed by atoms with E-state index in [1.165, 1.54) is 12.3 Å². The van der Waals surface area contributed by atoms with Gasteiger partial charge in [0.05, 0.1) is 46.9 Å². The standard InChI is InChI=1S/C18H14ClF4N9O/c1-17(18(21,22)23)8-31(12-7-26-15-11(20)6-28-32(15)13(12)17)16(33)29-9-4-10(19)14(25-5-9)30-27-3-2-24/h2-7,24H,8H2,1H3,(H,25,30)(H,29,33)/b24-2?,27-3-/t17-/m1/s1. The molecule has 0 bridgehead atoms. The molecule has 172 valence electrons. The number of rotatable bonds is 4. The quantitative estimate of drug-likeness (QED) is 0.295. The van der Waals surface area contributed by atoms with Gasteiger partial charge >= 0.3 is 12.2 Å². The largest absolute Gasteiger partial charge is 0.401 e. The predicted octanol–water partition coefficient (Wildman–Crippen LogP) is 3.84. The number of amides is 2. The van der Waals surface area contributed by atoms with Crippen molar-refractivity contribution < 1.29 is 22.4 Å². The molecule has 0 saturated carbocycles. The second-order valence-corrected chi connectivity index (χ2v) is 7.58. The van der Waals surface area contributed by atoms with Gasteiger partial charge in [-0.15, -0.1) is 0 Å². The fourth-order valence-electron chi connectivity index (χ4n) is 3.40. The van der Waals surface area contributed by atoms with Gasteiger partial charge in [0.15, 0.2) is 17.3 Å². The van der Waals surface area contributed by atoms with Crippen molar-refractivity contribution in [2.75, 3.05) is 22.2 Å². The Morgan fingerprint density at radius 1 is 1.33 bits per heavy atom. The number of hydrogen-bond donors (Lipinski definition) is 3. The maximum Gasteiger partial charge on any atom is 0.401 e. The summed E-state index contributed by atoms with van der Waals surface area (Å²) in [5.41, 5.74) is -0.888. The van der Waals surface area contributed by atoms with E-state index >= 15 is 0 Å². The first-order chi connectivity index (χ1) is 15.6. The first-order valence-electron chi connectivity index (χ1n) is 9.18. The van der Waals surface area contributed by atoms with Gasteiger partial charge in [0, 0.05) is 12.8 Å². The molecule has 4 rings (SSSR count). The number of fused-ring (bicyclic) bond motifs is 3. The Labute approximate surface area is 187 Å². The third-order valence-electron chi connectivity index (χ3n) is 5.03. The molecule has 3 aromatic rings. The molecular weight excluding hydrogens is 470 g/mol. The lowest BCUT2D eigenvalue weighted by atomic mass is 9.88. The topological polar surface area (TPSA) is 124 Å². The minimum absolute atomic E-state index is 0.0623. The van der Waals surface area contributed by atoms with Crippen molar-refractivity contribution in [2.24, 2.45) is 5.10 Å². The van der Waals surface area contributed by atoms with E-state index in [2.05, 4.69) is 30.9 Å². The predicted molar refractivity (Wildman–Crippen MR) is 113 cm³/mol. The van der Waals surface area contributed by atoms with Crippen LogP contribution in [0.25, 0.3) is 5.65 Å². The molecule has 15 heteroatoms. The van der Waals surface area contributed by atoms with Crippen molar-refractivity contribution in [2.45, 2.75) is 18.5 Å². The highest BCUT2D eigenvalue weighted by atomic mass is 35.5. The third kappa shape index (κ3) is 3.71. The van der Waals surface area contributed by atoms with Crippen LogP contribution in [-0.4, -0.2) is 50.8 Å². The lowest BCUT2D eigenvalue weighted by molar-refractivity contribution is -0.181. The summed E-state index contributed by atoms with van der Waals surface area (Å²) in [7, 11) is 0. The molecule has 0 spiro atoms. The van der Waals surface area contributed by atoms with Gasteiger partial charge in [0.1, 0.15) is 5.41 Å². The summed E-state index contributed by atoms with van der Waals surface area (Å²) >= 11 is 6.08. The number of nitrogens with zero attached hydrogens (tertiary/aromatic N) is 6. The first-order valence-corrected chi connectivity index (χ1v) is 9.56. The smallest absolute Gasteiger partial charge is 0.307 e. The fraction of sp³-hybridized carbons (Fsp3) is 0.222. The van der Waals surface area contributed by atoms with E-state index in [0.717, 1.165) is 41.2 Å². The van der Waals surface area contributed by atoms with Crippen molar-refractivity contribution >= 4 is 52.9 Å². The van der Waals surface area contributed by atoms with Gasteiger partial charge in [-0.3, -0.25) is 10.3 Å². The normalized spacial score (nSPS) is 18.1. The number of halogens is 5. The number of carbonyl (C=O) groups is 1. The Kier molecular flexibility index (Phi) is 5.40. The summed E-state index contributed by atoms with van der Waals surface area (Å²) in [6.07, 6.45) is 0.285. The van der Waals surface area contributed by atoms with E-state index in [-0.39, 0.29) is 27.9 Å². The lowest BCUT2D eigenvalue weighted by Crippen LogP contribution is -2.46. The summed E-state index contributed by atoms with van der Waals surface area (Å²) in [5, 5.41) is 16.7. The highest BCUT2D eigenvalue weighted by molar-refractivity contribution is 6.33. The van der Waals surface area contributed by atoms with Gasteiger partial charge in [0.2, 0.25) is 0 Å². The van der Waals surface area contributed by atoms with Crippen molar-refractivity contribution in [3.05, 3.63) is 41.2 Å². The van der Waals surface area contributed by atoms with Crippen LogP contribution in [-0.2, 0) is 5.41 Å². The number of anilines is 3. The summed E-state index contributed by atoms with van der Waals surface area (Å²) in [5.74, 6) is -0.749. The molecule has 4 heterocycles. The monoisotopic (exact) mass is 483 g/mol. The molecule has 3 aromatic heterocycles. The average Bonchev–Trinajstić information content (AvgIpc) is 3.28. The van der Waals surface area contributed by atoms with E-state index in [1.54, 1.807) is 0 Å². The number of hydrazone groups is 1. The average molecular weight is 484 g/mol. The molecule has 3 N–H and O–H groups in total. The van der Waals surface area contributed by atoms with Gasteiger partial charge < -0.3 is 10.7 Å². The van der Waals surface area contributed by atoms with Crippen LogP contribution in [0.4, 0.5) is 39.5 Å². The zero-order valence-electron chi connectivity index (χ0n) is 16.7. The van der Waals surface area contributed by atoms with E-state index in [0.29, 0.717) is 0 Å². The molecule has 10 nitrogen and oxygen atoms in total. The molecule has 0 unspecified atom stereocenters. The van der Waals surface area contributed by atoms with Crippen LogP contribution in [0, 0.1) is 11.2 Å². The van der Waals surface area contributed by atoms with E-state index in [4.69, 9.17) is 17.0 Å². The third-order valence-corrected chi connectivity index (χ3v) is 5.32. The van der Waals surface area contributed by atoms with Crippen molar-refractivity contribution in [1.82, 2.24) is 19.6 Å². The minimum Gasteiger partial charge on any atom is -0.307 e. The molecule has 0 aromatic carbocycles. The summed E-state index contributed by atoms with van der Waals surface area (Å²) < 4.78 is 56.9. The number of carbonyl (C=O) groups excluding carboxylic acids is 1. The molecule has 0 fully saturated rings. The maximum atomic E-state index is 14.1. The van der Waals surface area contributed by atoms with Crippen LogP contribution < -0.4 is 15.6 Å². The highest BCUT2D eigenvalue weighted by Gasteiger charge is 2.60. The molecule has 1 atom stereocenters. The number of hydrogen-bond acceptors (Lipinski definition) is 7. The summed E-state index contributed by atoms with van der Waals surface area (Å²) in [6, 6.07) is 0.414. The van der Waals surface area contributed by atoms with Crippen LogP contribution in [0.15, 0.2) is 29.8 Å². The molecule has 1 aliphatic heterocycles. The maximum absolute atomic E-state index is 14.1. The second-order valence-electron chi connectivity index (χ2n) is 7.18. The Balaban J connectivity index is 1.67. The molecular formula is C18H14ClF4N9O. The summed E-state index contributed by atoms with van der Waals surface area (Å²) in [6.45, 7) is 0.130. The van der Waals surface area contributed by atoms with E-state index in [1.807, 2.05) is 0 Å². The first kappa shape index (κ1) is 22.4. The van der Waals surface area contributed by atoms with Crippen molar-refractivity contribution in [3.8, 4) is 0 Å². The molecule has 0 saturated heterocycles. The number of alkyl halides is 3. The Morgan fingerprint density at radius 3 is 2.76 bits per heavy atom. The van der Waals surface area contributed by atoms with E-state index < -0.39 is 35.7 Å². The highest BCUT2D eigenvalue weighted by Crippen LogP contribution is 2.49. The van der Waals surface area contributed by atoms with Gasteiger partial charge in [-0.2, -0.15) is 23.4 Å². The van der Waals surface area contributed by atoms with Gasteiger partial charge in [-0.05, 0) is 13.0 Å². The number of pyridine rings is 1. The zero-order chi connectivity index (χ0) is 24.0. The Morgan fingerprint density at radius 2 is 2.09 bits per heavy atom. The molecule has 1 aliphatic rings. The van der Waals surface area contributed by atoms with Gasteiger partial charge in [-0.25, -0.2) is 23.7 Å². The van der Waals surface area contributed by atoms with Crippen LogP contribution in [0.1, 0.15) is 12.6 Å². The lowest BCUT2D eigenvalue weighted by Gasteiger charge is -2.28. The fourth-order valence-corrected chi connectivity index (χ4v) is 3.61. The van der Waals surface area contributed by atoms with Gasteiger partial charge in [-0.1, -0.05) is 11.6 Å². The second kappa shape index (κ2) is 7.95. The number of urea groups is 1. The Bertz CT molecular complexity index is 1290. The SMILES string of the molecule is C[C@@]1(C(F)(F)F)CN(C(=O)Nc2cnc(N/N=C\C=N)c(Cl)c2)c2cnc3c(F)cnn3c21. The van der Waals surface area contributed by atoms with Gasteiger partial charge in [0.25, 0.3) is 0 Å². The molecule has 0 aliphatic carbocycles. The molecule has 0 radical (unpaired) electrons. The zero-order valence-corrected chi connectivity index (χ0v) is 17.4. The van der Waals surface area contributed by atoms with Crippen LogP contribution in [0.5, 0.6) is 0 Å². The molecule has 2 amide bonds. The van der Waals surface area contributed by atoms with Crippen LogP contribution in [0.2, 0.25) is 5.02 Å². The molecule has 33 heavy (non-hydrogen) atoms. The van der Waals surface area contributed by atoms with Crippen molar-refractivity contribution in [1.29, 1.82) is 5.41 Å². The van der Waals surface area contributed by atoms with Crippen molar-refractivity contribution in [3.63, 3.8) is 0 Å².